The maximum Gasteiger partial charge on any atom is 0.339 e. The number of hydrogen-bond acceptors (Lipinski definition) is 3. The average molecular weight is 339 g/mol. The van der Waals surface area contributed by atoms with Gasteiger partial charge in [0.15, 0.2) is 0 Å². The fourth-order valence-corrected chi connectivity index (χ4v) is 1.95. The quantitative estimate of drug-likeness (QED) is 0.614. The smallest absolute Gasteiger partial charge is 0.339 e. The minimum Gasteiger partial charge on any atom is -0.490 e. The zero-order valence-corrected chi connectivity index (χ0v) is 12.1. The molecular formula is C15H12BrFO3. The van der Waals surface area contributed by atoms with E-state index in [1.807, 2.05) is 30.3 Å². The summed E-state index contributed by atoms with van der Waals surface area (Å²) in [6, 6.07) is 13.1. The summed E-state index contributed by atoms with van der Waals surface area (Å²) >= 11 is 3.18. The van der Waals surface area contributed by atoms with Crippen molar-refractivity contribution in [2.24, 2.45) is 0 Å². The van der Waals surface area contributed by atoms with E-state index in [0.29, 0.717) is 10.2 Å². The highest BCUT2D eigenvalue weighted by Gasteiger charge is 2.12. The Hall–Kier alpha value is -1.88. The first kappa shape index (κ1) is 14.5. The average Bonchev–Trinajstić information content (AvgIpc) is 2.47. The number of benzene rings is 2. The van der Waals surface area contributed by atoms with E-state index in [1.165, 1.54) is 12.1 Å². The van der Waals surface area contributed by atoms with Crippen molar-refractivity contribution in [2.45, 2.75) is 0 Å². The summed E-state index contributed by atoms with van der Waals surface area (Å²) in [6.45, 7) is 0.333. The van der Waals surface area contributed by atoms with Crippen LogP contribution in [0.4, 0.5) is 4.39 Å². The Morgan fingerprint density at radius 3 is 2.60 bits per heavy atom. The Morgan fingerprint density at radius 1 is 1.10 bits per heavy atom. The van der Waals surface area contributed by atoms with Crippen LogP contribution in [0, 0.1) is 5.82 Å². The zero-order chi connectivity index (χ0) is 14.4. The number of esters is 1. The van der Waals surface area contributed by atoms with E-state index >= 15 is 0 Å². The molecule has 0 saturated carbocycles. The highest BCUT2D eigenvalue weighted by Crippen LogP contribution is 2.18. The van der Waals surface area contributed by atoms with E-state index in [-0.39, 0.29) is 18.8 Å². The number of carbonyl (C=O) groups excluding carboxylic acids is 1. The first-order chi connectivity index (χ1) is 9.66. The van der Waals surface area contributed by atoms with Crippen LogP contribution in [0.3, 0.4) is 0 Å². The number of carbonyl (C=O) groups is 1. The van der Waals surface area contributed by atoms with Gasteiger partial charge in [-0.15, -0.1) is 0 Å². The molecule has 0 aliphatic carbocycles. The van der Waals surface area contributed by atoms with Gasteiger partial charge in [0.1, 0.15) is 24.8 Å². The van der Waals surface area contributed by atoms with Crippen LogP contribution in [-0.2, 0) is 4.74 Å². The molecule has 20 heavy (non-hydrogen) atoms. The van der Waals surface area contributed by atoms with Gasteiger partial charge in [-0.1, -0.05) is 18.2 Å². The molecule has 0 amide bonds. The summed E-state index contributed by atoms with van der Waals surface area (Å²) in [4.78, 5) is 11.8. The lowest BCUT2D eigenvalue weighted by Crippen LogP contribution is -2.13. The van der Waals surface area contributed by atoms with Crippen LogP contribution in [0.1, 0.15) is 10.4 Å². The SMILES string of the molecule is O=C(OCCOc1ccccc1)c1cc(F)ccc1Br. The molecule has 2 aromatic carbocycles. The van der Waals surface area contributed by atoms with Gasteiger partial charge >= 0.3 is 5.97 Å². The molecule has 2 aromatic rings. The molecule has 0 aromatic heterocycles. The van der Waals surface area contributed by atoms with E-state index in [9.17, 15) is 9.18 Å². The molecular weight excluding hydrogens is 327 g/mol. The Bertz CT molecular complexity index is 587. The van der Waals surface area contributed by atoms with Gasteiger partial charge in [0.2, 0.25) is 0 Å². The molecule has 104 valence electrons. The molecule has 5 heteroatoms. The van der Waals surface area contributed by atoms with Crippen LogP contribution in [0.5, 0.6) is 5.75 Å². The van der Waals surface area contributed by atoms with E-state index in [4.69, 9.17) is 9.47 Å². The van der Waals surface area contributed by atoms with Crippen LogP contribution in [0.25, 0.3) is 0 Å². The van der Waals surface area contributed by atoms with Crippen molar-refractivity contribution in [3.05, 3.63) is 64.4 Å². The predicted molar refractivity (Wildman–Crippen MR) is 76.3 cm³/mol. The van der Waals surface area contributed by atoms with Crippen LogP contribution >= 0.6 is 15.9 Å². The van der Waals surface area contributed by atoms with Gasteiger partial charge in [0.05, 0.1) is 5.56 Å². The van der Waals surface area contributed by atoms with Gasteiger partial charge in [0.25, 0.3) is 0 Å². The molecule has 0 heterocycles. The van der Waals surface area contributed by atoms with Crippen molar-refractivity contribution in [3.8, 4) is 5.75 Å². The summed E-state index contributed by atoms with van der Waals surface area (Å²) in [5.74, 6) is -0.371. The summed E-state index contributed by atoms with van der Waals surface area (Å²) < 4.78 is 24.0. The number of ether oxygens (including phenoxy) is 2. The third kappa shape index (κ3) is 4.06. The topological polar surface area (TPSA) is 35.5 Å². The lowest BCUT2D eigenvalue weighted by Gasteiger charge is -2.08. The van der Waals surface area contributed by atoms with Crippen molar-refractivity contribution in [3.63, 3.8) is 0 Å². The molecule has 2 rings (SSSR count). The van der Waals surface area contributed by atoms with Crippen molar-refractivity contribution in [1.82, 2.24) is 0 Å². The van der Waals surface area contributed by atoms with Gasteiger partial charge in [-0.2, -0.15) is 0 Å². The van der Waals surface area contributed by atoms with E-state index < -0.39 is 11.8 Å². The highest BCUT2D eigenvalue weighted by atomic mass is 79.9. The maximum atomic E-state index is 13.1. The number of hydrogen-bond donors (Lipinski definition) is 0. The molecule has 0 bridgehead atoms. The molecule has 0 radical (unpaired) electrons. The minimum absolute atomic E-state index is 0.0939. The highest BCUT2D eigenvalue weighted by molar-refractivity contribution is 9.10. The Kier molecular flexibility index (Phi) is 5.12. The molecule has 0 atom stereocenters. The maximum absolute atomic E-state index is 13.1. The van der Waals surface area contributed by atoms with Crippen LogP contribution < -0.4 is 4.74 Å². The largest absolute Gasteiger partial charge is 0.490 e. The van der Waals surface area contributed by atoms with E-state index in [1.54, 1.807) is 0 Å². The first-order valence-corrected chi connectivity index (χ1v) is 6.76. The van der Waals surface area contributed by atoms with Crippen molar-refractivity contribution in [2.75, 3.05) is 13.2 Å². The first-order valence-electron chi connectivity index (χ1n) is 5.97. The van der Waals surface area contributed by atoms with Crippen LogP contribution in [0.15, 0.2) is 53.0 Å². The second kappa shape index (κ2) is 7.05. The zero-order valence-electron chi connectivity index (χ0n) is 10.5. The molecule has 0 N–H and O–H groups in total. The molecule has 0 unspecified atom stereocenters. The van der Waals surface area contributed by atoms with E-state index in [2.05, 4.69) is 15.9 Å². The van der Waals surface area contributed by atoms with Gasteiger partial charge in [-0.25, -0.2) is 9.18 Å². The van der Waals surface area contributed by atoms with E-state index in [0.717, 1.165) is 6.07 Å². The predicted octanol–water partition coefficient (Wildman–Crippen LogP) is 3.82. The molecule has 0 saturated heterocycles. The lowest BCUT2D eigenvalue weighted by molar-refractivity contribution is 0.0449. The minimum atomic E-state index is -0.590. The molecule has 3 nitrogen and oxygen atoms in total. The Balaban J connectivity index is 1.82. The summed E-state index contributed by atoms with van der Waals surface area (Å²) in [7, 11) is 0. The van der Waals surface area contributed by atoms with Crippen molar-refractivity contribution >= 4 is 21.9 Å². The Labute approximate surface area is 124 Å². The number of halogens is 2. The fraction of sp³-hybridized carbons (Fsp3) is 0.133. The third-order valence-corrected chi connectivity index (χ3v) is 3.17. The summed E-state index contributed by atoms with van der Waals surface area (Å²) in [5, 5.41) is 0. The monoisotopic (exact) mass is 338 g/mol. The normalized spacial score (nSPS) is 10.1. The summed E-state index contributed by atoms with van der Waals surface area (Å²) in [5.41, 5.74) is 0.157. The van der Waals surface area contributed by atoms with Crippen molar-refractivity contribution in [1.29, 1.82) is 0 Å². The second-order valence-corrected chi connectivity index (χ2v) is 4.78. The second-order valence-electron chi connectivity index (χ2n) is 3.92. The van der Waals surface area contributed by atoms with Gasteiger partial charge < -0.3 is 9.47 Å². The number of rotatable bonds is 5. The van der Waals surface area contributed by atoms with Gasteiger partial charge in [-0.3, -0.25) is 0 Å². The van der Waals surface area contributed by atoms with Crippen LogP contribution in [-0.4, -0.2) is 19.2 Å². The number of para-hydroxylation sites is 1. The molecule has 0 spiro atoms. The lowest BCUT2D eigenvalue weighted by atomic mass is 10.2. The van der Waals surface area contributed by atoms with Crippen molar-refractivity contribution < 1.29 is 18.7 Å². The standard InChI is InChI=1S/C15H12BrFO3/c16-14-7-6-11(17)10-13(14)15(18)20-9-8-19-12-4-2-1-3-5-12/h1-7,10H,8-9H2. The summed E-state index contributed by atoms with van der Waals surface area (Å²) in [6.07, 6.45) is 0. The fourth-order valence-electron chi connectivity index (χ4n) is 1.54. The Morgan fingerprint density at radius 2 is 1.85 bits per heavy atom. The molecule has 0 aliphatic heterocycles. The van der Waals surface area contributed by atoms with Crippen LogP contribution in [0.2, 0.25) is 0 Å². The molecule has 0 aliphatic rings. The third-order valence-electron chi connectivity index (χ3n) is 2.48. The van der Waals surface area contributed by atoms with Gasteiger partial charge in [-0.05, 0) is 46.3 Å². The van der Waals surface area contributed by atoms with Gasteiger partial charge in [0, 0.05) is 4.47 Å². The molecule has 0 fully saturated rings.